The summed E-state index contributed by atoms with van der Waals surface area (Å²) in [6, 6.07) is 6.44. The molecule has 1 aromatic carbocycles. The van der Waals surface area contributed by atoms with E-state index in [9.17, 15) is 4.79 Å². The third-order valence-electron chi connectivity index (χ3n) is 3.84. The van der Waals surface area contributed by atoms with Gasteiger partial charge in [0.2, 0.25) is 5.91 Å². The molecule has 0 N–H and O–H groups in total. The molecule has 20 heavy (non-hydrogen) atoms. The number of aryl methyl sites for hydroxylation is 2. The van der Waals surface area contributed by atoms with Crippen LogP contribution in [0.5, 0.6) is 0 Å². The van der Waals surface area contributed by atoms with Crippen LogP contribution in [0.25, 0.3) is 0 Å². The second-order valence-corrected chi connectivity index (χ2v) is 6.26. The molecule has 1 saturated heterocycles. The molecule has 1 aliphatic heterocycles. The topological polar surface area (TPSA) is 29.5 Å². The molecule has 0 saturated carbocycles. The first kappa shape index (κ1) is 15.5. The van der Waals surface area contributed by atoms with Crippen molar-refractivity contribution in [1.29, 1.82) is 0 Å². The Hall–Kier alpha value is -0.870. The minimum absolute atomic E-state index is 0.105. The molecule has 1 fully saturated rings. The van der Waals surface area contributed by atoms with Gasteiger partial charge in [-0.05, 0) is 31.9 Å². The predicted molar refractivity (Wildman–Crippen MR) is 84.3 cm³/mol. The summed E-state index contributed by atoms with van der Waals surface area (Å²) in [5.74, 6) is 0.195. The Balaban J connectivity index is 2.08. The van der Waals surface area contributed by atoms with E-state index in [1.54, 1.807) is 0 Å². The van der Waals surface area contributed by atoms with Crippen LogP contribution in [0.1, 0.15) is 23.6 Å². The molecule has 0 aromatic heterocycles. The number of hydrogen-bond acceptors (Lipinski definition) is 2. The molecule has 0 radical (unpaired) electrons. The summed E-state index contributed by atoms with van der Waals surface area (Å²) in [4.78, 5) is 14.5. The summed E-state index contributed by atoms with van der Waals surface area (Å²) >= 11 is 3.43. The van der Waals surface area contributed by atoms with Crippen molar-refractivity contribution in [2.45, 2.75) is 39.3 Å². The summed E-state index contributed by atoms with van der Waals surface area (Å²) in [5.41, 5.74) is 3.51. The maximum atomic E-state index is 12.6. The van der Waals surface area contributed by atoms with Gasteiger partial charge in [-0.2, -0.15) is 0 Å². The van der Waals surface area contributed by atoms with Crippen LogP contribution in [0.2, 0.25) is 0 Å². The molecule has 3 nitrogen and oxygen atoms in total. The highest BCUT2D eigenvalue weighted by atomic mass is 79.9. The molecule has 1 aromatic rings. The highest BCUT2D eigenvalue weighted by molar-refractivity contribution is 9.09. The maximum Gasteiger partial charge on any atom is 0.227 e. The van der Waals surface area contributed by atoms with E-state index in [0.29, 0.717) is 19.6 Å². The minimum Gasteiger partial charge on any atom is -0.373 e. The number of morpholine rings is 1. The molecule has 1 heterocycles. The highest BCUT2D eigenvalue weighted by Gasteiger charge is 2.29. The number of hydrogen-bond donors (Lipinski definition) is 0. The third kappa shape index (κ3) is 3.61. The van der Waals surface area contributed by atoms with Crippen LogP contribution in [0, 0.1) is 13.8 Å². The van der Waals surface area contributed by atoms with Gasteiger partial charge in [0.15, 0.2) is 0 Å². The van der Waals surface area contributed by atoms with Gasteiger partial charge in [0, 0.05) is 11.9 Å². The molecule has 0 spiro atoms. The Morgan fingerprint density at radius 2 is 2.20 bits per heavy atom. The average molecular weight is 340 g/mol. The van der Waals surface area contributed by atoms with Crippen molar-refractivity contribution in [3.8, 4) is 0 Å². The lowest BCUT2D eigenvalue weighted by atomic mass is 10.0. The monoisotopic (exact) mass is 339 g/mol. The number of ether oxygens (including phenoxy) is 1. The zero-order valence-corrected chi connectivity index (χ0v) is 13.9. The number of halogens is 1. The van der Waals surface area contributed by atoms with Crippen LogP contribution >= 0.6 is 15.9 Å². The Labute approximate surface area is 129 Å². The van der Waals surface area contributed by atoms with E-state index in [4.69, 9.17) is 4.74 Å². The van der Waals surface area contributed by atoms with E-state index >= 15 is 0 Å². The SMILES string of the molecule is Cc1ccc(C)c(CC(=O)N2CC(CBr)OCC2C)c1. The first-order valence-corrected chi connectivity index (χ1v) is 8.16. The second-order valence-electron chi connectivity index (χ2n) is 5.61. The summed E-state index contributed by atoms with van der Waals surface area (Å²) in [6.07, 6.45) is 0.584. The fraction of sp³-hybridized carbons (Fsp3) is 0.562. The van der Waals surface area contributed by atoms with Gasteiger partial charge in [-0.25, -0.2) is 0 Å². The van der Waals surface area contributed by atoms with E-state index in [-0.39, 0.29) is 18.1 Å². The summed E-state index contributed by atoms with van der Waals surface area (Å²) in [5, 5.41) is 0.771. The molecule has 2 rings (SSSR count). The smallest absolute Gasteiger partial charge is 0.227 e. The van der Waals surface area contributed by atoms with Gasteiger partial charge in [-0.15, -0.1) is 0 Å². The van der Waals surface area contributed by atoms with Crippen LogP contribution in [-0.4, -0.2) is 41.4 Å². The quantitative estimate of drug-likeness (QED) is 0.792. The lowest BCUT2D eigenvalue weighted by Crippen LogP contribution is -2.52. The zero-order valence-electron chi connectivity index (χ0n) is 12.4. The van der Waals surface area contributed by atoms with E-state index in [1.807, 2.05) is 11.8 Å². The van der Waals surface area contributed by atoms with Gasteiger partial charge in [-0.1, -0.05) is 39.7 Å². The van der Waals surface area contributed by atoms with Crippen molar-refractivity contribution in [3.05, 3.63) is 34.9 Å². The first-order chi connectivity index (χ1) is 9.51. The van der Waals surface area contributed by atoms with Gasteiger partial charge in [0.1, 0.15) is 0 Å². The second kappa shape index (κ2) is 6.72. The van der Waals surface area contributed by atoms with Crippen molar-refractivity contribution < 1.29 is 9.53 Å². The minimum atomic E-state index is 0.105. The first-order valence-electron chi connectivity index (χ1n) is 7.04. The van der Waals surface area contributed by atoms with Gasteiger partial charge >= 0.3 is 0 Å². The Morgan fingerprint density at radius 1 is 1.45 bits per heavy atom. The number of carbonyl (C=O) groups is 1. The Morgan fingerprint density at radius 3 is 2.90 bits per heavy atom. The lowest BCUT2D eigenvalue weighted by molar-refractivity contribution is -0.142. The van der Waals surface area contributed by atoms with Crippen LogP contribution in [-0.2, 0) is 16.0 Å². The Bertz CT molecular complexity index is 489. The van der Waals surface area contributed by atoms with Gasteiger partial charge in [0.05, 0.1) is 25.2 Å². The van der Waals surface area contributed by atoms with Crippen LogP contribution in [0.4, 0.5) is 0 Å². The van der Waals surface area contributed by atoms with Crippen molar-refractivity contribution in [2.75, 3.05) is 18.5 Å². The predicted octanol–water partition coefficient (Wildman–Crippen LogP) is 2.86. The maximum absolute atomic E-state index is 12.6. The summed E-state index contributed by atoms with van der Waals surface area (Å²) in [7, 11) is 0. The van der Waals surface area contributed by atoms with Gasteiger partial charge in [0.25, 0.3) is 0 Å². The number of amides is 1. The zero-order chi connectivity index (χ0) is 14.7. The largest absolute Gasteiger partial charge is 0.373 e. The van der Waals surface area contributed by atoms with Crippen molar-refractivity contribution in [1.82, 2.24) is 4.90 Å². The van der Waals surface area contributed by atoms with E-state index < -0.39 is 0 Å². The molecule has 0 bridgehead atoms. The molecule has 2 unspecified atom stereocenters. The number of carbonyl (C=O) groups excluding carboxylic acids is 1. The van der Waals surface area contributed by atoms with Crippen molar-refractivity contribution >= 4 is 21.8 Å². The van der Waals surface area contributed by atoms with Crippen molar-refractivity contribution in [2.24, 2.45) is 0 Å². The third-order valence-corrected chi connectivity index (χ3v) is 4.57. The van der Waals surface area contributed by atoms with E-state index in [2.05, 4.69) is 48.0 Å². The molecule has 1 aliphatic rings. The number of benzene rings is 1. The lowest BCUT2D eigenvalue weighted by Gasteiger charge is -2.37. The van der Waals surface area contributed by atoms with E-state index in [1.165, 1.54) is 11.1 Å². The molecule has 110 valence electrons. The summed E-state index contributed by atoms with van der Waals surface area (Å²) in [6.45, 7) is 7.47. The molecule has 4 heteroatoms. The molecule has 0 aliphatic carbocycles. The van der Waals surface area contributed by atoms with Crippen LogP contribution < -0.4 is 0 Å². The molecular formula is C16H22BrNO2. The molecule has 1 amide bonds. The van der Waals surface area contributed by atoms with Crippen LogP contribution in [0.15, 0.2) is 18.2 Å². The fourth-order valence-corrected chi connectivity index (χ4v) is 2.91. The van der Waals surface area contributed by atoms with Gasteiger partial charge < -0.3 is 9.64 Å². The normalized spacial score (nSPS) is 22.9. The van der Waals surface area contributed by atoms with Gasteiger partial charge in [-0.3, -0.25) is 4.79 Å². The molecule has 2 atom stereocenters. The number of nitrogens with zero attached hydrogens (tertiary/aromatic N) is 1. The number of alkyl halides is 1. The highest BCUT2D eigenvalue weighted by Crippen LogP contribution is 2.17. The van der Waals surface area contributed by atoms with Crippen LogP contribution in [0.3, 0.4) is 0 Å². The molecular weight excluding hydrogens is 318 g/mol. The standard InChI is InChI=1S/C16H22BrNO2/c1-11-4-5-12(2)14(6-11)7-16(19)18-9-15(8-17)20-10-13(18)3/h4-6,13,15H,7-10H2,1-3H3. The average Bonchev–Trinajstić information content (AvgIpc) is 2.43. The van der Waals surface area contributed by atoms with Crippen molar-refractivity contribution in [3.63, 3.8) is 0 Å². The number of rotatable bonds is 3. The summed E-state index contributed by atoms with van der Waals surface area (Å²) < 4.78 is 5.67. The Kier molecular flexibility index (Phi) is 5.22. The van der Waals surface area contributed by atoms with E-state index in [0.717, 1.165) is 10.9 Å². The fourth-order valence-electron chi connectivity index (χ4n) is 2.51.